The molecule has 0 spiro atoms. The van der Waals surface area contributed by atoms with E-state index in [0.717, 1.165) is 11.1 Å². The van der Waals surface area contributed by atoms with Crippen LogP contribution in [0.25, 0.3) is 11.1 Å². The second-order valence-electron chi connectivity index (χ2n) is 5.84. The first-order valence-electron chi connectivity index (χ1n) is 7.68. The Morgan fingerprint density at radius 3 is 2.70 bits per heavy atom. The largest absolute Gasteiger partial charge is 0.441 e. The molecule has 1 unspecified atom stereocenters. The molecule has 0 aliphatic heterocycles. The molecule has 1 aromatic carbocycles. The summed E-state index contributed by atoms with van der Waals surface area (Å²) in [7, 11) is 0. The number of pyridine rings is 1. The van der Waals surface area contributed by atoms with Crippen molar-refractivity contribution >= 4 is 22.8 Å². The molecule has 2 heterocycles. The van der Waals surface area contributed by atoms with Gasteiger partial charge in [-0.3, -0.25) is 4.79 Å². The zero-order valence-corrected chi connectivity index (χ0v) is 13.2. The molecule has 118 valence electrons. The number of nitrogens with zero attached hydrogens (tertiary/aromatic N) is 2. The fraction of sp³-hybridized carbons (Fsp3) is 0.278. The number of hydrogen-bond donors (Lipinski definition) is 1. The Morgan fingerprint density at radius 1 is 1.22 bits per heavy atom. The number of benzene rings is 1. The second-order valence-corrected chi connectivity index (χ2v) is 5.84. The molecule has 3 aromatic rings. The summed E-state index contributed by atoms with van der Waals surface area (Å²) in [6.45, 7) is 3.90. The van der Waals surface area contributed by atoms with Gasteiger partial charge in [0, 0.05) is 12.6 Å². The molecule has 1 N–H and O–H groups in total. The van der Waals surface area contributed by atoms with Gasteiger partial charge >= 0.3 is 0 Å². The average Bonchev–Trinajstić information content (AvgIpc) is 2.97. The lowest BCUT2D eigenvalue weighted by atomic mass is 9.83. The molecule has 5 nitrogen and oxygen atoms in total. The summed E-state index contributed by atoms with van der Waals surface area (Å²) in [6, 6.07) is 13.0. The van der Waals surface area contributed by atoms with Gasteiger partial charge in [-0.2, -0.15) is 0 Å². The Labute approximate surface area is 134 Å². The summed E-state index contributed by atoms with van der Waals surface area (Å²) in [5.41, 5.74) is 0.940. The van der Waals surface area contributed by atoms with E-state index in [1.54, 1.807) is 12.3 Å². The number of nitrogens with one attached hydrogen (secondary N) is 1. The van der Waals surface area contributed by atoms with Crippen LogP contribution in [0.1, 0.15) is 26.2 Å². The first-order valence-corrected chi connectivity index (χ1v) is 7.68. The monoisotopic (exact) mass is 309 g/mol. The Hall–Kier alpha value is -2.69. The van der Waals surface area contributed by atoms with Gasteiger partial charge in [0.05, 0.1) is 5.41 Å². The fourth-order valence-corrected chi connectivity index (χ4v) is 2.40. The first-order chi connectivity index (χ1) is 11.1. The van der Waals surface area contributed by atoms with Gasteiger partial charge in [-0.15, -0.1) is 0 Å². The number of oxazole rings is 1. The topological polar surface area (TPSA) is 68.0 Å². The molecule has 0 bridgehead atoms. The number of anilines is 1. The lowest BCUT2D eigenvalue weighted by Crippen LogP contribution is -2.35. The highest BCUT2D eigenvalue weighted by Crippen LogP contribution is 2.29. The fourth-order valence-electron chi connectivity index (χ4n) is 2.40. The molecule has 0 aliphatic carbocycles. The third-order valence-corrected chi connectivity index (χ3v) is 4.11. The smallest absolute Gasteiger partial charge is 0.231 e. The molecular weight excluding hydrogens is 290 g/mol. The molecule has 0 radical (unpaired) electrons. The minimum Gasteiger partial charge on any atom is -0.441 e. The predicted molar refractivity (Wildman–Crippen MR) is 89.0 cm³/mol. The Morgan fingerprint density at radius 2 is 2.00 bits per heavy atom. The van der Waals surface area contributed by atoms with Crippen molar-refractivity contribution in [2.75, 3.05) is 5.32 Å². The third kappa shape index (κ3) is 3.23. The minimum atomic E-state index is -0.613. The van der Waals surface area contributed by atoms with Crippen LogP contribution >= 0.6 is 0 Å². The SMILES string of the molecule is CCC(C)(Cc1nc2ccccc2o1)C(=O)Nc1ccccn1. The van der Waals surface area contributed by atoms with E-state index in [1.165, 1.54) is 0 Å². The number of para-hydroxylation sites is 2. The molecule has 1 atom stereocenters. The molecule has 23 heavy (non-hydrogen) atoms. The average molecular weight is 309 g/mol. The van der Waals surface area contributed by atoms with Crippen molar-refractivity contribution in [1.29, 1.82) is 0 Å². The van der Waals surface area contributed by atoms with Crippen LogP contribution in [0.5, 0.6) is 0 Å². The van der Waals surface area contributed by atoms with Crippen LogP contribution < -0.4 is 5.32 Å². The van der Waals surface area contributed by atoms with Crippen LogP contribution in [0.4, 0.5) is 5.82 Å². The van der Waals surface area contributed by atoms with Crippen molar-refractivity contribution in [3.63, 3.8) is 0 Å². The van der Waals surface area contributed by atoms with Gasteiger partial charge in [-0.05, 0) is 30.7 Å². The van der Waals surface area contributed by atoms with Gasteiger partial charge in [-0.25, -0.2) is 9.97 Å². The summed E-state index contributed by atoms with van der Waals surface area (Å²) < 4.78 is 5.76. The van der Waals surface area contributed by atoms with Gasteiger partial charge in [0.1, 0.15) is 11.3 Å². The summed E-state index contributed by atoms with van der Waals surface area (Å²) in [6.07, 6.45) is 2.76. The zero-order valence-electron chi connectivity index (χ0n) is 13.2. The molecule has 0 saturated carbocycles. The van der Waals surface area contributed by atoms with Crippen molar-refractivity contribution in [2.45, 2.75) is 26.7 Å². The molecule has 3 rings (SSSR count). The van der Waals surface area contributed by atoms with Crippen molar-refractivity contribution in [3.8, 4) is 0 Å². The van der Waals surface area contributed by atoms with E-state index in [1.807, 2.05) is 50.2 Å². The molecule has 0 saturated heterocycles. The molecule has 1 amide bonds. The number of amides is 1. The van der Waals surface area contributed by atoms with Gasteiger partial charge in [0.25, 0.3) is 0 Å². The van der Waals surface area contributed by atoms with Crippen LogP contribution in [0, 0.1) is 5.41 Å². The number of hydrogen-bond acceptors (Lipinski definition) is 4. The van der Waals surface area contributed by atoms with Crippen molar-refractivity contribution < 1.29 is 9.21 Å². The number of fused-ring (bicyclic) bond motifs is 1. The minimum absolute atomic E-state index is 0.0824. The Bertz CT molecular complexity index is 780. The van der Waals surface area contributed by atoms with Crippen LogP contribution in [0.15, 0.2) is 53.1 Å². The maximum absolute atomic E-state index is 12.7. The van der Waals surface area contributed by atoms with Gasteiger partial charge in [0.2, 0.25) is 5.91 Å². The zero-order chi connectivity index (χ0) is 16.3. The summed E-state index contributed by atoms with van der Waals surface area (Å²) in [5.74, 6) is 1.04. The molecule has 5 heteroatoms. The highest BCUT2D eigenvalue weighted by molar-refractivity contribution is 5.94. The van der Waals surface area contributed by atoms with Gasteiger partial charge in [0.15, 0.2) is 11.5 Å². The summed E-state index contributed by atoms with van der Waals surface area (Å²) >= 11 is 0. The maximum Gasteiger partial charge on any atom is 0.231 e. The van der Waals surface area contributed by atoms with Crippen LogP contribution in [-0.2, 0) is 11.2 Å². The molecule has 2 aromatic heterocycles. The van der Waals surface area contributed by atoms with Gasteiger partial charge < -0.3 is 9.73 Å². The van der Waals surface area contributed by atoms with E-state index >= 15 is 0 Å². The van der Waals surface area contributed by atoms with Crippen molar-refractivity contribution in [1.82, 2.24) is 9.97 Å². The van der Waals surface area contributed by atoms with E-state index in [-0.39, 0.29) is 5.91 Å². The lowest BCUT2D eigenvalue weighted by Gasteiger charge is -2.25. The Balaban J connectivity index is 1.80. The number of aromatic nitrogens is 2. The van der Waals surface area contributed by atoms with E-state index in [9.17, 15) is 4.79 Å². The highest BCUT2D eigenvalue weighted by Gasteiger charge is 2.33. The summed E-state index contributed by atoms with van der Waals surface area (Å²) in [5, 5.41) is 2.87. The number of carbonyl (C=O) groups excluding carboxylic acids is 1. The maximum atomic E-state index is 12.7. The normalized spacial score (nSPS) is 13.7. The van der Waals surface area contributed by atoms with E-state index in [0.29, 0.717) is 24.6 Å². The lowest BCUT2D eigenvalue weighted by molar-refractivity contribution is -0.125. The quantitative estimate of drug-likeness (QED) is 0.778. The Kier molecular flexibility index (Phi) is 4.10. The third-order valence-electron chi connectivity index (χ3n) is 4.11. The highest BCUT2D eigenvalue weighted by atomic mass is 16.3. The molecular formula is C18H19N3O2. The van der Waals surface area contributed by atoms with E-state index < -0.39 is 5.41 Å². The number of rotatable bonds is 5. The second kappa shape index (κ2) is 6.20. The predicted octanol–water partition coefficient (Wildman–Crippen LogP) is 3.82. The first kappa shape index (κ1) is 15.2. The van der Waals surface area contributed by atoms with E-state index in [2.05, 4.69) is 15.3 Å². The van der Waals surface area contributed by atoms with Crippen LogP contribution in [0.3, 0.4) is 0 Å². The van der Waals surface area contributed by atoms with Crippen LogP contribution in [0.2, 0.25) is 0 Å². The standard InChI is InChI=1S/C18H19N3O2/c1-3-18(2,17(22)21-15-10-6-7-11-19-15)12-16-20-13-8-4-5-9-14(13)23-16/h4-11H,3,12H2,1-2H3,(H,19,21,22). The van der Waals surface area contributed by atoms with Gasteiger partial charge in [-0.1, -0.05) is 32.0 Å². The summed E-state index contributed by atoms with van der Waals surface area (Å²) in [4.78, 5) is 21.3. The van der Waals surface area contributed by atoms with E-state index in [4.69, 9.17) is 4.42 Å². The van der Waals surface area contributed by atoms with Crippen LogP contribution in [-0.4, -0.2) is 15.9 Å². The van der Waals surface area contributed by atoms with Crippen molar-refractivity contribution in [3.05, 3.63) is 54.6 Å². The molecule has 0 aliphatic rings. The van der Waals surface area contributed by atoms with Crippen molar-refractivity contribution in [2.24, 2.45) is 5.41 Å². The number of carbonyl (C=O) groups is 1. The molecule has 0 fully saturated rings.